The van der Waals surface area contributed by atoms with E-state index in [0.717, 1.165) is 12.1 Å². The lowest BCUT2D eigenvalue weighted by atomic mass is 9.85. The van der Waals surface area contributed by atoms with Gasteiger partial charge in [0.15, 0.2) is 11.5 Å². The van der Waals surface area contributed by atoms with Gasteiger partial charge in [0.05, 0.1) is 23.6 Å². The first-order valence-corrected chi connectivity index (χ1v) is 15.0. The molecule has 3 heterocycles. The Balaban J connectivity index is 1.59. The Morgan fingerprint density at radius 3 is 2.53 bits per heavy atom. The van der Waals surface area contributed by atoms with Gasteiger partial charge in [0.25, 0.3) is 5.92 Å². The van der Waals surface area contributed by atoms with E-state index in [1.54, 1.807) is 20.8 Å². The molecule has 1 saturated heterocycles. The number of halogens is 3. The summed E-state index contributed by atoms with van der Waals surface area (Å²) in [6.07, 6.45) is -0.177. The van der Waals surface area contributed by atoms with Crippen LogP contribution in [0.2, 0.25) is 0 Å². The molecule has 2 amide bonds. The van der Waals surface area contributed by atoms with Crippen LogP contribution in [0.25, 0.3) is 11.0 Å². The summed E-state index contributed by atoms with van der Waals surface area (Å²) in [6.45, 7) is 8.46. The van der Waals surface area contributed by atoms with E-state index in [4.69, 9.17) is 9.47 Å². The Bertz CT molecular complexity index is 1410. The molecule has 1 saturated carbocycles. The number of ketones is 1. The molecular weight excluding hydrogens is 565 g/mol. The van der Waals surface area contributed by atoms with E-state index in [1.807, 2.05) is 6.92 Å². The zero-order valence-electron chi connectivity index (χ0n) is 25.2. The summed E-state index contributed by atoms with van der Waals surface area (Å²) >= 11 is 0. The van der Waals surface area contributed by atoms with E-state index < -0.39 is 71.3 Å². The van der Waals surface area contributed by atoms with Gasteiger partial charge in [-0.25, -0.2) is 19.2 Å². The van der Waals surface area contributed by atoms with Crippen LogP contribution < -0.4 is 10.1 Å². The fraction of sp³-hybridized carbons (Fsp3) is 0.645. The van der Waals surface area contributed by atoms with E-state index in [-0.39, 0.29) is 41.8 Å². The number of hydrogen-bond donors (Lipinski definition) is 1. The smallest absolute Gasteiger partial charge is 0.408 e. The maximum atomic E-state index is 15.8. The fourth-order valence-corrected chi connectivity index (χ4v) is 6.35. The number of ether oxygens (including phenoxy) is 2. The SMILES string of the molecule is CC[C@@H]1[C@@H]2CN(C(=O)[C@H](C(C)(C)C)NC(=O)O[C@@H]3C[C@H]3CCCCC(F)(F)c3nc4ccc(F)cc4nc3O2)[C@@H]1C(C)=O. The van der Waals surface area contributed by atoms with Crippen molar-refractivity contribution >= 4 is 28.8 Å². The van der Waals surface area contributed by atoms with Gasteiger partial charge >= 0.3 is 6.09 Å². The zero-order chi connectivity index (χ0) is 31.3. The van der Waals surface area contributed by atoms with Gasteiger partial charge in [-0.15, -0.1) is 0 Å². The van der Waals surface area contributed by atoms with Crippen LogP contribution in [0.3, 0.4) is 0 Å². The van der Waals surface area contributed by atoms with E-state index >= 15 is 8.78 Å². The van der Waals surface area contributed by atoms with Crippen molar-refractivity contribution in [3.05, 3.63) is 29.7 Å². The molecule has 2 bridgehead atoms. The van der Waals surface area contributed by atoms with Gasteiger partial charge in [0.1, 0.15) is 24.1 Å². The molecule has 1 aliphatic carbocycles. The Morgan fingerprint density at radius 2 is 1.86 bits per heavy atom. The van der Waals surface area contributed by atoms with Gasteiger partial charge in [-0.3, -0.25) is 9.59 Å². The number of rotatable bonds is 2. The number of Topliss-reactive ketones (excluding diaryl/α,β-unsaturated/α-hetero) is 1. The van der Waals surface area contributed by atoms with Crippen molar-refractivity contribution in [1.29, 1.82) is 0 Å². The van der Waals surface area contributed by atoms with Crippen molar-refractivity contribution in [3.63, 3.8) is 0 Å². The van der Waals surface area contributed by atoms with E-state index in [2.05, 4.69) is 15.3 Å². The number of benzene rings is 1. The molecule has 6 atom stereocenters. The monoisotopic (exact) mass is 604 g/mol. The van der Waals surface area contributed by atoms with Crippen LogP contribution in [0.4, 0.5) is 18.0 Å². The topological polar surface area (TPSA) is 111 Å². The predicted octanol–water partition coefficient (Wildman–Crippen LogP) is 5.54. The lowest BCUT2D eigenvalue weighted by Crippen LogP contribution is -2.57. The Hall–Kier alpha value is -3.44. The van der Waals surface area contributed by atoms with Gasteiger partial charge < -0.3 is 19.7 Å². The third-order valence-corrected chi connectivity index (χ3v) is 8.78. The highest BCUT2D eigenvalue weighted by atomic mass is 19.3. The van der Waals surface area contributed by atoms with Gasteiger partial charge in [0.2, 0.25) is 11.8 Å². The van der Waals surface area contributed by atoms with Gasteiger partial charge in [-0.2, -0.15) is 8.78 Å². The molecule has 12 heteroatoms. The maximum absolute atomic E-state index is 15.8. The number of hydrogen-bond acceptors (Lipinski definition) is 7. The minimum atomic E-state index is -3.41. The Kier molecular flexibility index (Phi) is 8.34. The second-order valence-corrected chi connectivity index (χ2v) is 13.1. The molecule has 0 spiro atoms. The van der Waals surface area contributed by atoms with Crippen molar-refractivity contribution < 1.29 is 37.0 Å². The van der Waals surface area contributed by atoms with E-state index in [9.17, 15) is 18.8 Å². The molecule has 2 aliphatic heterocycles. The molecule has 3 aliphatic rings. The van der Waals surface area contributed by atoms with Crippen LogP contribution in [-0.2, 0) is 20.2 Å². The van der Waals surface area contributed by atoms with Gasteiger partial charge in [0, 0.05) is 18.4 Å². The maximum Gasteiger partial charge on any atom is 0.408 e. The molecular formula is C31H39F3N4O5. The van der Waals surface area contributed by atoms with Crippen LogP contribution in [-0.4, -0.2) is 63.5 Å². The van der Waals surface area contributed by atoms with Gasteiger partial charge in [-0.05, 0) is 56.1 Å². The van der Waals surface area contributed by atoms with Crippen molar-refractivity contribution in [2.75, 3.05) is 6.54 Å². The molecule has 43 heavy (non-hydrogen) atoms. The van der Waals surface area contributed by atoms with Crippen LogP contribution in [0, 0.1) is 23.1 Å². The second-order valence-electron chi connectivity index (χ2n) is 13.1. The molecule has 234 valence electrons. The largest absolute Gasteiger partial charge is 0.471 e. The first kappa shape index (κ1) is 31.0. The summed E-state index contributed by atoms with van der Waals surface area (Å²) in [6, 6.07) is 1.57. The summed E-state index contributed by atoms with van der Waals surface area (Å²) in [4.78, 5) is 49.8. The Morgan fingerprint density at radius 1 is 1.12 bits per heavy atom. The predicted molar refractivity (Wildman–Crippen MR) is 151 cm³/mol. The summed E-state index contributed by atoms with van der Waals surface area (Å²) in [7, 11) is 0. The molecule has 9 nitrogen and oxygen atoms in total. The number of alkyl carbamates (subject to hydrolysis) is 1. The van der Waals surface area contributed by atoms with Crippen LogP contribution in [0.5, 0.6) is 5.88 Å². The lowest BCUT2D eigenvalue weighted by Gasteiger charge is -2.35. The number of nitrogens with zero attached hydrogens (tertiary/aromatic N) is 3. The van der Waals surface area contributed by atoms with E-state index in [1.165, 1.54) is 17.9 Å². The normalized spacial score (nSPS) is 29.8. The third kappa shape index (κ3) is 6.43. The fourth-order valence-electron chi connectivity index (χ4n) is 6.35. The number of carbonyl (C=O) groups is 3. The number of aromatic nitrogens is 2. The van der Waals surface area contributed by atoms with Gasteiger partial charge in [-0.1, -0.05) is 34.1 Å². The molecule has 1 aromatic carbocycles. The number of carbonyl (C=O) groups excluding carboxylic acids is 3. The number of nitrogens with one attached hydrogen (secondary N) is 1. The first-order valence-electron chi connectivity index (χ1n) is 15.0. The number of fused-ring (bicyclic) bond motifs is 5. The zero-order valence-corrected chi connectivity index (χ0v) is 25.2. The third-order valence-electron chi connectivity index (χ3n) is 8.78. The second kappa shape index (κ2) is 11.6. The van der Waals surface area contributed by atoms with Crippen molar-refractivity contribution in [1.82, 2.24) is 20.2 Å². The number of amides is 2. The molecule has 1 N–H and O–H groups in total. The highest BCUT2D eigenvalue weighted by molar-refractivity contribution is 5.92. The van der Waals surface area contributed by atoms with Crippen molar-refractivity contribution in [2.24, 2.45) is 17.3 Å². The minimum Gasteiger partial charge on any atom is -0.471 e. The molecule has 0 radical (unpaired) electrons. The van der Waals surface area contributed by atoms with Crippen LogP contribution >= 0.6 is 0 Å². The van der Waals surface area contributed by atoms with Crippen molar-refractivity contribution in [3.8, 4) is 5.88 Å². The molecule has 2 aromatic rings. The quantitative estimate of drug-likeness (QED) is 0.480. The lowest BCUT2D eigenvalue weighted by molar-refractivity contribution is -0.141. The highest BCUT2D eigenvalue weighted by Gasteiger charge is 2.51. The average Bonchev–Trinajstić information content (AvgIpc) is 3.54. The average molecular weight is 605 g/mol. The number of alkyl halides is 2. The molecule has 2 fully saturated rings. The minimum absolute atomic E-state index is 0.0501. The highest BCUT2D eigenvalue weighted by Crippen LogP contribution is 2.43. The summed E-state index contributed by atoms with van der Waals surface area (Å²) in [5.41, 5.74) is -1.25. The summed E-state index contributed by atoms with van der Waals surface area (Å²) < 4.78 is 57.4. The molecule has 5 rings (SSSR count). The summed E-state index contributed by atoms with van der Waals surface area (Å²) in [5.74, 6) is -5.76. The van der Waals surface area contributed by atoms with Crippen molar-refractivity contribution in [2.45, 2.75) is 103 Å². The molecule has 0 unspecified atom stereocenters. The Labute approximate surface area is 248 Å². The first-order chi connectivity index (χ1) is 20.2. The standard InChI is InChI=1S/C31H39F3N4O5/c1-6-19-23-15-38(24(19)16(2)39)28(40)26(30(3,4)5)37-29(41)43-22-13-17(22)9-7-8-12-31(33,34)25-27(42-23)36-21-14-18(32)10-11-20(21)35-25/h10-11,14,17,19,22-24,26H,6-9,12-13,15H2,1-5H3,(H,37,41)/t17-,19-,22-,23+,24-,26-/m1/s1. The summed E-state index contributed by atoms with van der Waals surface area (Å²) in [5, 5.41) is 2.73. The van der Waals surface area contributed by atoms with E-state index in [0.29, 0.717) is 25.7 Å². The molecule has 1 aromatic heterocycles. The van der Waals surface area contributed by atoms with Crippen LogP contribution in [0.1, 0.15) is 78.8 Å². The van der Waals surface area contributed by atoms with Crippen LogP contribution in [0.15, 0.2) is 18.2 Å².